The number of halogens is 1. The lowest BCUT2D eigenvalue weighted by atomic mass is 10.2. The summed E-state index contributed by atoms with van der Waals surface area (Å²) in [5, 5.41) is 7.60. The van der Waals surface area contributed by atoms with Crippen LogP contribution in [0.4, 0.5) is 5.82 Å². The van der Waals surface area contributed by atoms with E-state index in [1.807, 2.05) is 25.1 Å². The summed E-state index contributed by atoms with van der Waals surface area (Å²) < 4.78 is 5.84. The van der Waals surface area contributed by atoms with E-state index in [4.69, 9.17) is 16.0 Å². The predicted molar refractivity (Wildman–Crippen MR) is 100 cm³/mol. The Bertz CT molecular complexity index is 903. The second-order valence-electron chi connectivity index (χ2n) is 5.63. The summed E-state index contributed by atoms with van der Waals surface area (Å²) in [5.41, 5.74) is 1.29. The second kappa shape index (κ2) is 7.40. The average Bonchev–Trinajstić information content (AvgIpc) is 3.03. The fourth-order valence-electron chi connectivity index (χ4n) is 2.42. The third-order valence-electron chi connectivity index (χ3n) is 3.72. The minimum absolute atomic E-state index is 0.0842. The number of amides is 1. The Hall–Kier alpha value is -2.79. The number of rotatable bonds is 6. The molecule has 2 N–H and O–H groups in total. The summed E-state index contributed by atoms with van der Waals surface area (Å²) >= 11 is 6.00. The van der Waals surface area contributed by atoms with Gasteiger partial charge in [-0.2, -0.15) is 0 Å². The number of hydrogen-bond acceptors (Lipinski definition) is 4. The zero-order chi connectivity index (χ0) is 17.8. The number of nitrogens with one attached hydrogen (secondary N) is 2. The summed E-state index contributed by atoms with van der Waals surface area (Å²) in [5.74, 6) is 1.26. The molecular formula is C19H18ClN3O2. The highest BCUT2D eigenvalue weighted by Gasteiger charge is 2.13. The van der Waals surface area contributed by atoms with Crippen molar-refractivity contribution in [3.8, 4) is 0 Å². The van der Waals surface area contributed by atoms with Crippen LogP contribution < -0.4 is 10.6 Å². The van der Waals surface area contributed by atoms with Crippen molar-refractivity contribution in [3.63, 3.8) is 0 Å². The molecule has 2 heterocycles. The quantitative estimate of drug-likeness (QED) is 0.635. The highest BCUT2D eigenvalue weighted by molar-refractivity contribution is 6.31. The molecule has 6 heteroatoms. The van der Waals surface area contributed by atoms with E-state index in [1.165, 1.54) is 6.20 Å². The molecule has 0 bridgehead atoms. The Morgan fingerprint density at radius 1 is 1.36 bits per heavy atom. The highest BCUT2D eigenvalue weighted by Crippen LogP contribution is 2.27. The molecule has 0 fully saturated rings. The van der Waals surface area contributed by atoms with E-state index < -0.39 is 0 Å². The lowest BCUT2D eigenvalue weighted by Crippen LogP contribution is -2.23. The Labute approximate surface area is 150 Å². The molecule has 0 aliphatic carbocycles. The molecule has 3 aromatic rings. The van der Waals surface area contributed by atoms with Crippen LogP contribution in [0.5, 0.6) is 0 Å². The van der Waals surface area contributed by atoms with Gasteiger partial charge in [-0.25, -0.2) is 4.98 Å². The first kappa shape index (κ1) is 17.0. The summed E-state index contributed by atoms with van der Waals surface area (Å²) in [6.07, 6.45) is 3.16. The van der Waals surface area contributed by atoms with Crippen molar-refractivity contribution in [2.75, 3.05) is 11.9 Å². The molecule has 25 heavy (non-hydrogen) atoms. The lowest BCUT2D eigenvalue weighted by Gasteiger charge is -2.12. The number of fused-ring (bicyclic) bond motifs is 1. The van der Waals surface area contributed by atoms with E-state index in [2.05, 4.69) is 22.2 Å². The standard InChI is InChI=1S/C19H18ClN3O2/c1-3-8-21-19(24)13-4-7-18(22-11-13)23-12(2)17-10-14-9-15(20)5-6-16(14)25-17/h3-7,9-12H,1,8H2,2H3,(H,21,24)(H,22,23). The van der Waals surface area contributed by atoms with E-state index in [0.29, 0.717) is 22.9 Å². The lowest BCUT2D eigenvalue weighted by molar-refractivity contribution is 0.0957. The smallest absolute Gasteiger partial charge is 0.253 e. The van der Waals surface area contributed by atoms with Crippen LogP contribution in [-0.4, -0.2) is 17.4 Å². The van der Waals surface area contributed by atoms with Crippen LogP contribution in [0.2, 0.25) is 5.02 Å². The van der Waals surface area contributed by atoms with Gasteiger partial charge in [0, 0.05) is 23.2 Å². The van der Waals surface area contributed by atoms with Crippen molar-refractivity contribution >= 4 is 34.3 Å². The van der Waals surface area contributed by atoms with Gasteiger partial charge in [0.05, 0.1) is 11.6 Å². The van der Waals surface area contributed by atoms with Gasteiger partial charge in [-0.1, -0.05) is 17.7 Å². The van der Waals surface area contributed by atoms with E-state index in [-0.39, 0.29) is 11.9 Å². The number of aromatic nitrogens is 1. The normalized spacial score (nSPS) is 11.9. The SMILES string of the molecule is C=CCNC(=O)c1ccc(NC(C)c2cc3cc(Cl)ccc3o2)nc1. The fraction of sp³-hybridized carbons (Fsp3) is 0.158. The molecule has 3 rings (SSSR count). The third-order valence-corrected chi connectivity index (χ3v) is 3.96. The topological polar surface area (TPSA) is 67.2 Å². The van der Waals surface area contributed by atoms with Crippen molar-refractivity contribution in [3.05, 3.63) is 71.6 Å². The van der Waals surface area contributed by atoms with Crippen LogP contribution in [0.25, 0.3) is 11.0 Å². The Morgan fingerprint density at radius 2 is 2.20 bits per heavy atom. The molecule has 1 unspecified atom stereocenters. The second-order valence-corrected chi connectivity index (χ2v) is 6.06. The number of pyridine rings is 1. The molecule has 0 aliphatic rings. The van der Waals surface area contributed by atoms with Gasteiger partial charge in [0.25, 0.3) is 5.91 Å². The van der Waals surface area contributed by atoms with E-state index in [9.17, 15) is 4.79 Å². The molecule has 0 spiro atoms. The maximum atomic E-state index is 11.8. The molecule has 128 valence electrons. The number of benzene rings is 1. The summed E-state index contributed by atoms with van der Waals surface area (Å²) in [6, 6.07) is 10.9. The van der Waals surface area contributed by atoms with Crippen molar-refractivity contribution in [1.82, 2.24) is 10.3 Å². The number of carbonyl (C=O) groups excluding carboxylic acids is 1. The first-order valence-electron chi connectivity index (χ1n) is 7.87. The Kier molecular flexibility index (Phi) is 5.05. The number of hydrogen-bond donors (Lipinski definition) is 2. The van der Waals surface area contributed by atoms with Gasteiger partial charge in [-0.3, -0.25) is 4.79 Å². The Morgan fingerprint density at radius 3 is 2.92 bits per heavy atom. The maximum absolute atomic E-state index is 11.8. The van der Waals surface area contributed by atoms with Gasteiger partial charge >= 0.3 is 0 Å². The van der Waals surface area contributed by atoms with Gasteiger partial charge in [0.15, 0.2) is 0 Å². The zero-order valence-corrected chi connectivity index (χ0v) is 14.5. The average molecular weight is 356 g/mol. The summed E-state index contributed by atoms with van der Waals surface area (Å²) in [4.78, 5) is 16.1. The molecular weight excluding hydrogens is 338 g/mol. The molecule has 0 saturated carbocycles. The summed E-state index contributed by atoms with van der Waals surface area (Å²) in [6.45, 7) is 5.97. The molecule has 0 saturated heterocycles. The van der Waals surface area contributed by atoms with Crippen LogP contribution in [-0.2, 0) is 0 Å². The van der Waals surface area contributed by atoms with Crippen molar-refractivity contribution in [2.24, 2.45) is 0 Å². The Balaban J connectivity index is 1.70. The van der Waals surface area contributed by atoms with Gasteiger partial charge in [-0.15, -0.1) is 6.58 Å². The van der Waals surface area contributed by atoms with Crippen molar-refractivity contribution in [1.29, 1.82) is 0 Å². The van der Waals surface area contributed by atoms with E-state index >= 15 is 0 Å². The van der Waals surface area contributed by atoms with Crippen LogP contribution >= 0.6 is 11.6 Å². The first-order chi connectivity index (χ1) is 12.1. The van der Waals surface area contributed by atoms with Gasteiger partial charge in [-0.05, 0) is 43.3 Å². The molecule has 5 nitrogen and oxygen atoms in total. The number of nitrogens with zero attached hydrogens (tertiary/aromatic N) is 1. The summed E-state index contributed by atoms with van der Waals surface area (Å²) in [7, 11) is 0. The van der Waals surface area contributed by atoms with Gasteiger partial charge < -0.3 is 15.1 Å². The first-order valence-corrected chi connectivity index (χ1v) is 8.25. The monoisotopic (exact) mass is 355 g/mol. The number of carbonyl (C=O) groups is 1. The minimum Gasteiger partial charge on any atom is -0.459 e. The molecule has 1 amide bonds. The zero-order valence-electron chi connectivity index (χ0n) is 13.8. The van der Waals surface area contributed by atoms with E-state index in [1.54, 1.807) is 24.3 Å². The minimum atomic E-state index is -0.179. The molecule has 1 atom stereocenters. The van der Waals surface area contributed by atoms with Gasteiger partial charge in [0.1, 0.15) is 17.2 Å². The van der Waals surface area contributed by atoms with Crippen LogP contribution in [0.15, 0.2) is 59.7 Å². The fourth-order valence-corrected chi connectivity index (χ4v) is 2.60. The molecule has 0 aliphatic heterocycles. The predicted octanol–water partition coefficient (Wildman–Crippen LogP) is 4.57. The van der Waals surface area contributed by atoms with Crippen molar-refractivity contribution < 1.29 is 9.21 Å². The highest BCUT2D eigenvalue weighted by atomic mass is 35.5. The van der Waals surface area contributed by atoms with Crippen LogP contribution in [0, 0.1) is 0 Å². The molecule has 1 aromatic carbocycles. The molecule has 2 aromatic heterocycles. The number of furan rings is 1. The number of anilines is 1. The third kappa shape index (κ3) is 4.00. The van der Waals surface area contributed by atoms with Crippen LogP contribution in [0.1, 0.15) is 29.1 Å². The maximum Gasteiger partial charge on any atom is 0.253 e. The van der Waals surface area contributed by atoms with Gasteiger partial charge in [0.2, 0.25) is 0 Å². The van der Waals surface area contributed by atoms with Crippen LogP contribution in [0.3, 0.4) is 0 Å². The molecule has 0 radical (unpaired) electrons. The van der Waals surface area contributed by atoms with E-state index in [0.717, 1.165) is 16.7 Å². The van der Waals surface area contributed by atoms with Crippen molar-refractivity contribution in [2.45, 2.75) is 13.0 Å². The largest absolute Gasteiger partial charge is 0.459 e.